The Labute approximate surface area is 167 Å². The summed E-state index contributed by atoms with van der Waals surface area (Å²) in [5.41, 5.74) is 0.230. The lowest BCUT2D eigenvalue weighted by atomic mass is 10.2. The average molecular weight is 417 g/mol. The van der Waals surface area contributed by atoms with E-state index < -0.39 is 16.0 Å². The van der Waals surface area contributed by atoms with Crippen LogP contribution in [0.2, 0.25) is 0 Å². The molecule has 0 saturated carbocycles. The minimum Gasteiger partial charge on any atom is -0.459 e. The Hall–Kier alpha value is -2.98. The maximum atomic E-state index is 12.7. The van der Waals surface area contributed by atoms with Crippen LogP contribution in [0.4, 0.5) is 0 Å². The van der Waals surface area contributed by atoms with Crippen LogP contribution in [0.25, 0.3) is 11.7 Å². The van der Waals surface area contributed by atoms with Gasteiger partial charge in [-0.05, 0) is 49.2 Å². The highest BCUT2D eigenvalue weighted by Gasteiger charge is 2.26. The molecule has 2 aromatic heterocycles. The fraction of sp³-hybridized carbons (Fsp3) is 0.316. The van der Waals surface area contributed by atoms with E-state index in [1.165, 1.54) is 34.8 Å². The molecule has 0 atom stereocenters. The summed E-state index contributed by atoms with van der Waals surface area (Å²) >= 11 is 0. The molecule has 10 heteroatoms. The molecule has 1 aliphatic rings. The lowest BCUT2D eigenvalue weighted by Gasteiger charge is -2.25. The second-order valence-corrected chi connectivity index (χ2v) is 8.48. The van der Waals surface area contributed by atoms with Crippen LogP contribution in [-0.4, -0.2) is 42.0 Å². The minimum atomic E-state index is -3.54. The van der Waals surface area contributed by atoms with Crippen molar-refractivity contribution in [3.8, 4) is 11.7 Å². The lowest BCUT2D eigenvalue weighted by molar-refractivity contribution is 0.0438. The molecule has 0 aliphatic carbocycles. The third-order valence-electron chi connectivity index (χ3n) is 4.57. The summed E-state index contributed by atoms with van der Waals surface area (Å²) in [6.45, 7) is 0.840. The maximum Gasteiger partial charge on any atom is 0.338 e. The van der Waals surface area contributed by atoms with E-state index in [-0.39, 0.29) is 28.8 Å². The third-order valence-corrected chi connectivity index (χ3v) is 6.48. The van der Waals surface area contributed by atoms with E-state index in [4.69, 9.17) is 13.6 Å². The summed E-state index contributed by atoms with van der Waals surface area (Å²) in [6, 6.07) is 9.06. The van der Waals surface area contributed by atoms with E-state index in [9.17, 15) is 13.2 Å². The van der Waals surface area contributed by atoms with E-state index in [0.717, 1.165) is 19.3 Å². The molecule has 3 heterocycles. The fourth-order valence-electron chi connectivity index (χ4n) is 3.04. The molecule has 0 amide bonds. The Morgan fingerprint density at radius 3 is 2.52 bits per heavy atom. The number of piperidine rings is 1. The summed E-state index contributed by atoms with van der Waals surface area (Å²) in [6.07, 6.45) is 4.25. The standard InChI is InChI=1S/C19H19N3O6S/c23-19(27-13-17-20-21-18(28-17)16-5-4-12-26-16)14-6-8-15(9-7-14)29(24,25)22-10-2-1-3-11-22/h4-9,12H,1-3,10-11,13H2. The molecule has 1 saturated heterocycles. The predicted octanol–water partition coefficient (Wildman–Crippen LogP) is 2.86. The van der Waals surface area contributed by atoms with E-state index >= 15 is 0 Å². The van der Waals surface area contributed by atoms with Gasteiger partial charge in [-0.3, -0.25) is 0 Å². The summed E-state index contributed by atoms with van der Waals surface area (Å²) in [7, 11) is -3.54. The van der Waals surface area contributed by atoms with E-state index in [0.29, 0.717) is 18.8 Å². The molecule has 1 aromatic carbocycles. The first-order valence-corrected chi connectivity index (χ1v) is 10.6. The number of carbonyl (C=O) groups excluding carboxylic acids is 1. The average Bonchev–Trinajstić information content (AvgIpc) is 3.44. The predicted molar refractivity (Wildman–Crippen MR) is 100 cm³/mol. The van der Waals surface area contributed by atoms with Crippen LogP contribution in [0.3, 0.4) is 0 Å². The summed E-state index contributed by atoms with van der Waals surface area (Å²) in [5, 5.41) is 7.62. The van der Waals surface area contributed by atoms with Gasteiger partial charge in [0.05, 0.1) is 16.7 Å². The topological polar surface area (TPSA) is 116 Å². The van der Waals surface area contributed by atoms with Gasteiger partial charge in [0.2, 0.25) is 10.0 Å². The molecule has 29 heavy (non-hydrogen) atoms. The van der Waals surface area contributed by atoms with Crippen molar-refractivity contribution >= 4 is 16.0 Å². The van der Waals surface area contributed by atoms with Gasteiger partial charge in [-0.2, -0.15) is 4.31 Å². The van der Waals surface area contributed by atoms with Gasteiger partial charge < -0.3 is 13.6 Å². The molecule has 0 radical (unpaired) electrons. The Kier molecular flexibility index (Phi) is 5.45. The van der Waals surface area contributed by atoms with Gasteiger partial charge in [-0.25, -0.2) is 13.2 Å². The van der Waals surface area contributed by atoms with Gasteiger partial charge >= 0.3 is 5.97 Å². The highest BCUT2D eigenvalue weighted by molar-refractivity contribution is 7.89. The first-order valence-electron chi connectivity index (χ1n) is 9.17. The molecule has 0 bridgehead atoms. The number of benzene rings is 1. The van der Waals surface area contributed by atoms with Gasteiger partial charge in [0.1, 0.15) is 0 Å². The quantitative estimate of drug-likeness (QED) is 0.562. The number of ether oxygens (including phenoxy) is 1. The van der Waals surface area contributed by atoms with Crippen LogP contribution < -0.4 is 0 Å². The van der Waals surface area contributed by atoms with Gasteiger partial charge in [-0.1, -0.05) is 6.42 Å². The highest BCUT2D eigenvalue weighted by atomic mass is 32.2. The van der Waals surface area contributed by atoms with Crippen molar-refractivity contribution in [1.29, 1.82) is 0 Å². The zero-order valence-electron chi connectivity index (χ0n) is 15.5. The Morgan fingerprint density at radius 1 is 1.07 bits per heavy atom. The van der Waals surface area contributed by atoms with E-state index in [2.05, 4.69) is 10.2 Å². The van der Waals surface area contributed by atoms with Gasteiger partial charge in [0, 0.05) is 13.1 Å². The van der Waals surface area contributed by atoms with Crippen molar-refractivity contribution in [2.45, 2.75) is 30.8 Å². The number of sulfonamides is 1. The van der Waals surface area contributed by atoms with Crippen LogP contribution >= 0.6 is 0 Å². The van der Waals surface area contributed by atoms with Crippen molar-refractivity contribution in [1.82, 2.24) is 14.5 Å². The Morgan fingerprint density at radius 2 is 1.83 bits per heavy atom. The van der Waals surface area contributed by atoms with E-state index in [1.807, 2.05) is 0 Å². The monoisotopic (exact) mass is 417 g/mol. The van der Waals surface area contributed by atoms with Crippen LogP contribution in [-0.2, 0) is 21.4 Å². The molecule has 1 aliphatic heterocycles. The lowest BCUT2D eigenvalue weighted by Crippen LogP contribution is -2.35. The van der Waals surface area contributed by atoms with Crippen LogP contribution in [0.5, 0.6) is 0 Å². The summed E-state index contributed by atoms with van der Waals surface area (Å²) < 4.78 is 42.5. The van der Waals surface area contributed by atoms with Crippen molar-refractivity contribution < 1.29 is 26.8 Å². The van der Waals surface area contributed by atoms with Crippen molar-refractivity contribution in [3.63, 3.8) is 0 Å². The molecule has 9 nitrogen and oxygen atoms in total. The second-order valence-electron chi connectivity index (χ2n) is 6.54. The van der Waals surface area contributed by atoms with Crippen molar-refractivity contribution in [3.05, 3.63) is 54.1 Å². The first kappa shape index (κ1) is 19.3. The molecule has 0 spiro atoms. The second kappa shape index (κ2) is 8.18. The molecule has 1 fully saturated rings. The number of furan rings is 1. The molecule has 4 rings (SSSR count). The minimum absolute atomic E-state index is 0.119. The zero-order valence-corrected chi connectivity index (χ0v) is 16.3. The Balaban J connectivity index is 1.38. The molecular formula is C19H19N3O6S. The third kappa shape index (κ3) is 4.22. The van der Waals surface area contributed by atoms with Crippen LogP contribution in [0.1, 0.15) is 35.5 Å². The van der Waals surface area contributed by atoms with Gasteiger partial charge in [-0.15, -0.1) is 10.2 Å². The maximum absolute atomic E-state index is 12.7. The van der Waals surface area contributed by atoms with Crippen LogP contribution in [0, 0.1) is 0 Å². The smallest absolute Gasteiger partial charge is 0.338 e. The number of esters is 1. The van der Waals surface area contributed by atoms with E-state index in [1.54, 1.807) is 12.1 Å². The number of hydrogen-bond acceptors (Lipinski definition) is 8. The van der Waals surface area contributed by atoms with Crippen molar-refractivity contribution in [2.24, 2.45) is 0 Å². The first-order chi connectivity index (χ1) is 14.0. The van der Waals surface area contributed by atoms with Crippen LogP contribution in [0.15, 0.2) is 56.4 Å². The fourth-order valence-corrected chi connectivity index (χ4v) is 4.56. The zero-order chi connectivity index (χ0) is 20.3. The van der Waals surface area contributed by atoms with Gasteiger partial charge in [0.25, 0.3) is 11.8 Å². The number of rotatable bonds is 6. The molecule has 3 aromatic rings. The van der Waals surface area contributed by atoms with Crippen molar-refractivity contribution in [2.75, 3.05) is 13.1 Å². The SMILES string of the molecule is O=C(OCc1nnc(-c2ccco2)o1)c1ccc(S(=O)(=O)N2CCCCC2)cc1. The number of carbonyl (C=O) groups is 1. The summed E-state index contributed by atoms with van der Waals surface area (Å²) in [4.78, 5) is 12.4. The number of nitrogens with zero attached hydrogens (tertiary/aromatic N) is 3. The summed E-state index contributed by atoms with van der Waals surface area (Å²) in [5.74, 6) is 0.104. The normalized spacial score (nSPS) is 15.3. The molecular weight excluding hydrogens is 398 g/mol. The number of aromatic nitrogens is 2. The van der Waals surface area contributed by atoms with Gasteiger partial charge in [0.15, 0.2) is 12.4 Å². The molecule has 0 unspecified atom stereocenters. The number of hydrogen-bond donors (Lipinski definition) is 0. The Bertz CT molecular complexity index is 1070. The largest absolute Gasteiger partial charge is 0.459 e. The highest BCUT2D eigenvalue weighted by Crippen LogP contribution is 2.21. The molecule has 152 valence electrons. The molecule has 0 N–H and O–H groups in total.